The highest BCUT2D eigenvalue weighted by Gasteiger charge is 2.19. The molecule has 2 radical (unpaired) electrons. The first kappa shape index (κ1) is 16.2. The Bertz CT molecular complexity index is 928. The summed E-state index contributed by atoms with van der Waals surface area (Å²) in [6.45, 7) is 0. The predicted octanol–water partition coefficient (Wildman–Crippen LogP) is 1.40. The van der Waals surface area contributed by atoms with Crippen LogP contribution in [0.2, 0.25) is 5.02 Å². The summed E-state index contributed by atoms with van der Waals surface area (Å²) >= 11 is 6.19. The van der Waals surface area contributed by atoms with Crippen LogP contribution >= 0.6 is 11.6 Å². The van der Waals surface area contributed by atoms with Crippen LogP contribution in [0.5, 0.6) is 0 Å². The van der Waals surface area contributed by atoms with Gasteiger partial charge < -0.3 is 15.5 Å². The van der Waals surface area contributed by atoms with Crippen LogP contribution in [0.3, 0.4) is 0 Å². The van der Waals surface area contributed by atoms with E-state index in [1.54, 1.807) is 41.2 Å². The number of nitrogens with one attached hydrogen (secondary N) is 2. The van der Waals surface area contributed by atoms with Gasteiger partial charge in [0.15, 0.2) is 5.65 Å². The number of hydrogen-bond acceptors (Lipinski definition) is 5. The van der Waals surface area contributed by atoms with Crippen molar-refractivity contribution in [3.8, 4) is 0 Å². The fourth-order valence-electron chi connectivity index (χ4n) is 2.31. The van der Waals surface area contributed by atoms with Crippen LogP contribution in [0.25, 0.3) is 5.65 Å². The van der Waals surface area contributed by atoms with Gasteiger partial charge in [-0.25, -0.2) is 10.5 Å². The Kier molecular flexibility index (Phi) is 4.33. The molecule has 24 heavy (non-hydrogen) atoms. The molecule has 0 atom stereocenters. The van der Waals surface area contributed by atoms with Gasteiger partial charge in [-0.1, -0.05) is 23.1 Å². The topological polar surface area (TPSA) is 93.7 Å². The molecule has 0 aliphatic rings. The van der Waals surface area contributed by atoms with E-state index in [2.05, 4.69) is 15.8 Å². The third-order valence-corrected chi connectivity index (χ3v) is 3.72. The number of aromatic nitrogens is 2. The lowest BCUT2D eigenvalue weighted by molar-refractivity contribution is 0.0538. The lowest BCUT2D eigenvalue weighted by atomic mass is 9.96. The molecule has 0 aliphatic heterocycles. The number of hydrogen-bond donors (Lipinski definition) is 3. The molecule has 120 valence electrons. The smallest absolute Gasteiger partial charge is 0.278 e. The first-order valence-electron chi connectivity index (χ1n) is 6.91. The SMILES string of the molecule is [B]c1ccc(Nc2c(C(=O)NOC)cn3ccnc3c2N)c(Cl)c1. The van der Waals surface area contributed by atoms with Gasteiger partial charge in [-0.05, 0) is 12.1 Å². The highest BCUT2D eigenvalue weighted by Crippen LogP contribution is 2.32. The van der Waals surface area contributed by atoms with Crippen LogP contribution in [-0.4, -0.2) is 30.2 Å². The van der Waals surface area contributed by atoms with Crippen molar-refractivity contribution in [3.05, 3.63) is 47.4 Å². The maximum atomic E-state index is 12.3. The summed E-state index contributed by atoms with van der Waals surface area (Å²) in [6, 6.07) is 4.99. The van der Waals surface area contributed by atoms with Crippen molar-refractivity contribution in [3.63, 3.8) is 0 Å². The van der Waals surface area contributed by atoms with E-state index in [0.717, 1.165) is 0 Å². The van der Waals surface area contributed by atoms with Crippen molar-refractivity contribution < 1.29 is 9.63 Å². The standard InChI is InChI=1S/C15H13BClN5O2/c1-24-21-15(23)9-7-22-5-4-19-14(22)12(18)13(9)20-11-3-2-8(16)6-10(11)17/h2-7,20H,18H2,1H3,(H,21,23). The molecule has 0 bridgehead atoms. The molecule has 0 saturated heterocycles. The summed E-state index contributed by atoms with van der Waals surface area (Å²) in [4.78, 5) is 21.2. The molecule has 0 fully saturated rings. The molecule has 0 unspecified atom stereocenters. The van der Waals surface area contributed by atoms with Crippen molar-refractivity contribution >= 4 is 53.5 Å². The van der Waals surface area contributed by atoms with Gasteiger partial charge in [-0.2, -0.15) is 0 Å². The zero-order chi connectivity index (χ0) is 17.3. The van der Waals surface area contributed by atoms with Gasteiger partial charge >= 0.3 is 0 Å². The summed E-state index contributed by atoms with van der Waals surface area (Å²) in [5.41, 5.74) is 11.0. The zero-order valence-corrected chi connectivity index (χ0v) is 13.5. The Morgan fingerprint density at radius 1 is 1.46 bits per heavy atom. The number of rotatable bonds is 4. The van der Waals surface area contributed by atoms with E-state index < -0.39 is 5.91 Å². The molecule has 9 heteroatoms. The Morgan fingerprint density at radius 2 is 2.25 bits per heavy atom. The van der Waals surface area contributed by atoms with E-state index in [1.165, 1.54) is 7.11 Å². The van der Waals surface area contributed by atoms with Crippen LogP contribution in [0, 0.1) is 0 Å². The highest BCUT2D eigenvalue weighted by atomic mass is 35.5. The molecule has 0 aliphatic carbocycles. The molecular weight excluding hydrogens is 328 g/mol. The molecule has 0 saturated carbocycles. The van der Waals surface area contributed by atoms with Gasteiger partial charge in [-0.15, -0.1) is 0 Å². The van der Waals surface area contributed by atoms with E-state index in [-0.39, 0.29) is 5.56 Å². The Morgan fingerprint density at radius 3 is 2.96 bits per heavy atom. The number of benzene rings is 1. The second-order valence-corrected chi connectivity index (χ2v) is 5.40. The number of nitrogen functional groups attached to an aromatic ring is 1. The minimum atomic E-state index is -0.464. The average Bonchev–Trinajstić information content (AvgIpc) is 3.01. The van der Waals surface area contributed by atoms with Crippen molar-refractivity contribution in [2.24, 2.45) is 0 Å². The monoisotopic (exact) mass is 341 g/mol. The molecule has 1 aromatic carbocycles. The van der Waals surface area contributed by atoms with E-state index in [9.17, 15) is 4.79 Å². The number of fused-ring (bicyclic) bond motifs is 1. The molecule has 0 spiro atoms. The maximum Gasteiger partial charge on any atom is 0.278 e. The van der Waals surface area contributed by atoms with Crippen LogP contribution in [-0.2, 0) is 4.84 Å². The van der Waals surface area contributed by atoms with Crippen LogP contribution in [0.15, 0.2) is 36.8 Å². The number of hydroxylamine groups is 1. The number of amides is 1. The average molecular weight is 342 g/mol. The van der Waals surface area contributed by atoms with Crippen molar-refractivity contribution in [1.29, 1.82) is 0 Å². The second kappa shape index (κ2) is 6.42. The number of anilines is 3. The highest BCUT2D eigenvalue weighted by molar-refractivity contribution is 6.37. The Balaban J connectivity index is 2.15. The fourth-order valence-corrected chi connectivity index (χ4v) is 2.54. The summed E-state index contributed by atoms with van der Waals surface area (Å²) in [7, 11) is 7.05. The first-order chi connectivity index (χ1) is 11.5. The fraction of sp³-hybridized carbons (Fsp3) is 0.0667. The number of carbonyl (C=O) groups is 1. The molecule has 2 aromatic heterocycles. The van der Waals surface area contributed by atoms with Gasteiger partial charge in [0.2, 0.25) is 0 Å². The van der Waals surface area contributed by atoms with Crippen LogP contribution in [0.1, 0.15) is 10.4 Å². The van der Waals surface area contributed by atoms with Crippen molar-refractivity contribution in [2.45, 2.75) is 0 Å². The van der Waals surface area contributed by atoms with E-state index in [4.69, 9.17) is 30.0 Å². The lowest BCUT2D eigenvalue weighted by Crippen LogP contribution is -2.24. The molecular formula is C15H13BClN5O2. The second-order valence-electron chi connectivity index (χ2n) is 4.99. The van der Waals surface area contributed by atoms with Crippen LogP contribution < -0.4 is 22.0 Å². The number of pyridine rings is 1. The van der Waals surface area contributed by atoms with E-state index in [0.29, 0.717) is 33.2 Å². The third kappa shape index (κ3) is 2.89. The predicted molar refractivity (Wildman–Crippen MR) is 94.2 cm³/mol. The Labute approximate surface area is 144 Å². The normalized spacial score (nSPS) is 10.8. The first-order valence-corrected chi connectivity index (χ1v) is 7.29. The molecule has 3 aromatic rings. The summed E-state index contributed by atoms with van der Waals surface area (Å²) in [5, 5.41) is 3.47. The molecule has 4 N–H and O–H groups in total. The third-order valence-electron chi connectivity index (χ3n) is 3.41. The van der Waals surface area contributed by atoms with E-state index in [1.807, 2.05) is 0 Å². The zero-order valence-electron chi connectivity index (χ0n) is 12.7. The maximum absolute atomic E-state index is 12.3. The number of nitrogens with two attached hydrogens (primary N) is 1. The van der Waals surface area contributed by atoms with Gasteiger partial charge in [0.05, 0.1) is 29.1 Å². The number of imidazole rings is 1. The van der Waals surface area contributed by atoms with Gasteiger partial charge in [0, 0.05) is 18.6 Å². The summed E-state index contributed by atoms with van der Waals surface area (Å²) in [5.74, 6) is -0.464. The number of halogens is 1. The molecule has 1 amide bonds. The Hall–Kier alpha value is -2.71. The number of nitrogens with zero attached hydrogens (tertiary/aromatic N) is 2. The minimum Gasteiger partial charge on any atom is -0.394 e. The molecule has 3 rings (SSSR count). The summed E-state index contributed by atoms with van der Waals surface area (Å²) < 4.78 is 1.65. The van der Waals surface area contributed by atoms with Crippen LogP contribution in [0.4, 0.5) is 17.1 Å². The minimum absolute atomic E-state index is 0.271. The van der Waals surface area contributed by atoms with E-state index >= 15 is 0 Å². The molecule has 7 nitrogen and oxygen atoms in total. The number of carbonyl (C=O) groups excluding carboxylic acids is 1. The van der Waals surface area contributed by atoms with Crippen molar-refractivity contribution in [2.75, 3.05) is 18.2 Å². The largest absolute Gasteiger partial charge is 0.394 e. The van der Waals surface area contributed by atoms with Crippen molar-refractivity contribution in [1.82, 2.24) is 14.9 Å². The van der Waals surface area contributed by atoms with Gasteiger partial charge in [0.25, 0.3) is 5.91 Å². The van der Waals surface area contributed by atoms with Gasteiger partial charge in [-0.3, -0.25) is 9.63 Å². The lowest BCUT2D eigenvalue weighted by Gasteiger charge is -2.16. The summed E-state index contributed by atoms with van der Waals surface area (Å²) in [6.07, 6.45) is 4.87. The quantitative estimate of drug-likeness (QED) is 0.493. The van der Waals surface area contributed by atoms with Gasteiger partial charge in [0.1, 0.15) is 13.5 Å². The molecule has 2 heterocycles.